The van der Waals surface area contributed by atoms with Gasteiger partial charge in [-0.2, -0.15) is 4.99 Å². The van der Waals surface area contributed by atoms with E-state index in [4.69, 9.17) is 21.6 Å². The fourth-order valence-electron chi connectivity index (χ4n) is 1.66. The second-order valence-electron chi connectivity index (χ2n) is 4.42. The minimum atomic E-state index is -0.329. The van der Waals surface area contributed by atoms with Gasteiger partial charge in [0.2, 0.25) is 5.96 Å². The smallest absolute Gasteiger partial charge is 0.291 e. The molecule has 0 radical (unpaired) electrons. The van der Waals surface area contributed by atoms with E-state index in [1.165, 1.54) is 0 Å². The Morgan fingerprint density at radius 1 is 1.09 bits per heavy atom. The molecule has 114 valence electrons. The van der Waals surface area contributed by atoms with Crippen LogP contribution in [0.2, 0.25) is 0 Å². The number of amides is 1. The molecular formula is C14H16N6O2. The van der Waals surface area contributed by atoms with Crippen LogP contribution in [0.25, 0.3) is 0 Å². The second-order valence-corrected chi connectivity index (χ2v) is 4.42. The van der Waals surface area contributed by atoms with Crippen molar-refractivity contribution in [1.82, 2.24) is 0 Å². The van der Waals surface area contributed by atoms with Crippen molar-refractivity contribution in [1.29, 1.82) is 0 Å². The number of aryl methyl sites for hydroxylation is 1. The number of benzene rings is 1. The first-order chi connectivity index (χ1) is 10.4. The monoisotopic (exact) mass is 300 g/mol. The molecule has 0 spiro atoms. The third-order valence-electron chi connectivity index (χ3n) is 2.58. The number of rotatable bonds is 3. The molecule has 0 saturated carbocycles. The highest BCUT2D eigenvalue weighted by atomic mass is 16.3. The number of furan rings is 1. The van der Waals surface area contributed by atoms with Crippen molar-refractivity contribution in [2.75, 3.05) is 5.32 Å². The summed E-state index contributed by atoms with van der Waals surface area (Å²) < 4.78 is 5.24. The van der Waals surface area contributed by atoms with Crippen LogP contribution in [0.15, 0.2) is 50.8 Å². The van der Waals surface area contributed by atoms with E-state index in [-0.39, 0.29) is 23.6 Å². The van der Waals surface area contributed by atoms with E-state index < -0.39 is 0 Å². The summed E-state index contributed by atoms with van der Waals surface area (Å²) in [5.41, 5.74) is 17.1. The van der Waals surface area contributed by atoms with E-state index >= 15 is 0 Å². The van der Waals surface area contributed by atoms with Crippen LogP contribution >= 0.6 is 0 Å². The molecule has 0 aliphatic rings. The number of guanidine groups is 2. The Bertz CT molecular complexity index is 726. The number of nitrogens with zero attached hydrogens (tertiary/aromatic N) is 2. The largest absolute Gasteiger partial charge is 0.456 e. The standard InChI is InChI=1S/C14H16N6O2/c1-8-2-7-11(22-8)12(21)18-9-3-5-10(6-4-9)19-14(17)20-13(15)16/h2-7H,1H3,(H,18,21)(H6,15,16,17,19,20). The van der Waals surface area contributed by atoms with Gasteiger partial charge in [-0.1, -0.05) is 0 Å². The number of aliphatic imine (C=N–C) groups is 2. The fourth-order valence-corrected chi connectivity index (χ4v) is 1.66. The van der Waals surface area contributed by atoms with Gasteiger partial charge in [0, 0.05) is 5.69 Å². The van der Waals surface area contributed by atoms with Crippen molar-refractivity contribution >= 4 is 29.2 Å². The highest BCUT2D eigenvalue weighted by Crippen LogP contribution is 2.17. The van der Waals surface area contributed by atoms with Gasteiger partial charge in [0.05, 0.1) is 5.69 Å². The second kappa shape index (κ2) is 6.44. The van der Waals surface area contributed by atoms with Gasteiger partial charge < -0.3 is 26.9 Å². The van der Waals surface area contributed by atoms with Gasteiger partial charge >= 0.3 is 0 Å². The molecule has 0 aliphatic carbocycles. The van der Waals surface area contributed by atoms with Gasteiger partial charge in [-0.05, 0) is 43.3 Å². The number of nitrogens with one attached hydrogen (secondary N) is 1. The summed E-state index contributed by atoms with van der Waals surface area (Å²) in [6.07, 6.45) is 0. The first-order valence-corrected chi connectivity index (χ1v) is 6.35. The number of hydrogen-bond donors (Lipinski definition) is 4. The van der Waals surface area contributed by atoms with Crippen molar-refractivity contribution in [3.8, 4) is 0 Å². The van der Waals surface area contributed by atoms with Gasteiger partial charge in [-0.3, -0.25) is 4.79 Å². The number of carbonyl (C=O) groups is 1. The maximum atomic E-state index is 11.9. The SMILES string of the molecule is Cc1ccc(C(=O)Nc2ccc(N=C(N)N=C(N)N)cc2)o1. The Labute approximate surface area is 126 Å². The molecule has 1 aromatic carbocycles. The lowest BCUT2D eigenvalue weighted by Gasteiger charge is -2.03. The molecule has 8 nitrogen and oxygen atoms in total. The number of carbonyl (C=O) groups excluding carboxylic acids is 1. The van der Waals surface area contributed by atoms with E-state index in [9.17, 15) is 4.79 Å². The lowest BCUT2D eigenvalue weighted by atomic mass is 10.3. The van der Waals surface area contributed by atoms with Crippen LogP contribution in [0.3, 0.4) is 0 Å². The van der Waals surface area contributed by atoms with Crippen LogP contribution in [-0.4, -0.2) is 17.8 Å². The molecule has 22 heavy (non-hydrogen) atoms. The van der Waals surface area contributed by atoms with Crippen molar-refractivity contribution in [3.63, 3.8) is 0 Å². The predicted octanol–water partition coefficient (Wildman–Crippen LogP) is 1.06. The zero-order valence-corrected chi connectivity index (χ0v) is 11.9. The average molecular weight is 300 g/mol. The Balaban J connectivity index is 2.06. The molecule has 0 bridgehead atoms. The molecule has 0 aliphatic heterocycles. The number of hydrogen-bond acceptors (Lipinski definition) is 3. The summed E-state index contributed by atoms with van der Waals surface area (Å²) in [6, 6.07) is 10.0. The molecule has 0 unspecified atom stereocenters. The molecule has 1 heterocycles. The Hall–Kier alpha value is -3.29. The minimum absolute atomic E-state index is 0.0529. The van der Waals surface area contributed by atoms with Crippen LogP contribution < -0.4 is 22.5 Å². The molecule has 1 aromatic heterocycles. The van der Waals surface area contributed by atoms with Crippen LogP contribution in [0, 0.1) is 6.92 Å². The fraction of sp³-hybridized carbons (Fsp3) is 0.0714. The van der Waals surface area contributed by atoms with Gasteiger partial charge in [0.25, 0.3) is 5.91 Å². The summed E-state index contributed by atoms with van der Waals surface area (Å²) in [6.45, 7) is 1.77. The van der Waals surface area contributed by atoms with Crippen molar-refractivity contribution < 1.29 is 9.21 Å². The van der Waals surface area contributed by atoms with E-state index in [1.807, 2.05) is 0 Å². The Kier molecular flexibility index (Phi) is 4.42. The Morgan fingerprint density at radius 3 is 2.32 bits per heavy atom. The van der Waals surface area contributed by atoms with E-state index in [1.54, 1.807) is 43.3 Å². The molecule has 7 N–H and O–H groups in total. The summed E-state index contributed by atoms with van der Waals surface area (Å²) in [7, 11) is 0. The average Bonchev–Trinajstić information content (AvgIpc) is 2.87. The van der Waals surface area contributed by atoms with Crippen molar-refractivity contribution in [2.45, 2.75) is 6.92 Å². The van der Waals surface area contributed by atoms with E-state index in [2.05, 4.69) is 15.3 Å². The zero-order chi connectivity index (χ0) is 16.1. The molecule has 0 atom stereocenters. The highest BCUT2D eigenvalue weighted by molar-refractivity contribution is 6.02. The minimum Gasteiger partial charge on any atom is -0.456 e. The third kappa shape index (κ3) is 4.10. The van der Waals surface area contributed by atoms with Gasteiger partial charge in [0.1, 0.15) is 5.76 Å². The van der Waals surface area contributed by atoms with Crippen molar-refractivity contribution in [3.05, 3.63) is 47.9 Å². The van der Waals surface area contributed by atoms with Crippen LogP contribution in [0.4, 0.5) is 11.4 Å². The number of nitrogens with two attached hydrogens (primary N) is 3. The number of anilines is 1. The molecule has 0 saturated heterocycles. The summed E-state index contributed by atoms with van der Waals surface area (Å²) in [4.78, 5) is 19.5. The van der Waals surface area contributed by atoms with Crippen molar-refractivity contribution in [2.24, 2.45) is 27.2 Å². The molecule has 1 amide bonds. The zero-order valence-electron chi connectivity index (χ0n) is 11.9. The lowest BCUT2D eigenvalue weighted by molar-refractivity contribution is 0.0995. The lowest BCUT2D eigenvalue weighted by Crippen LogP contribution is -2.26. The third-order valence-corrected chi connectivity index (χ3v) is 2.58. The van der Waals surface area contributed by atoms with Crippen LogP contribution in [-0.2, 0) is 0 Å². The van der Waals surface area contributed by atoms with E-state index in [0.717, 1.165) is 0 Å². The molecule has 2 rings (SSSR count). The summed E-state index contributed by atoms with van der Waals surface area (Å²) in [5.74, 6) is 0.368. The highest BCUT2D eigenvalue weighted by Gasteiger charge is 2.09. The summed E-state index contributed by atoms with van der Waals surface area (Å²) >= 11 is 0. The van der Waals surface area contributed by atoms with E-state index in [0.29, 0.717) is 17.1 Å². The first kappa shape index (κ1) is 15.1. The summed E-state index contributed by atoms with van der Waals surface area (Å²) in [5, 5.41) is 2.70. The molecule has 8 heteroatoms. The topological polar surface area (TPSA) is 145 Å². The quantitative estimate of drug-likeness (QED) is 0.494. The maximum Gasteiger partial charge on any atom is 0.291 e. The van der Waals surface area contributed by atoms with Crippen LogP contribution in [0.5, 0.6) is 0 Å². The first-order valence-electron chi connectivity index (χ1n) is 6.35. The normalized spacial score (nSPS) is 11.0. The Morgan fingerprint density at radius 2 is 1.77 bits per heavy atom. The molecule has 2 aromatic rings. The molecular weight excluding hydrogens is 284 g/mol. The predicted molar refractivity (Wildman–Crippen MR) is 84.9 cm³/mol. The van der Waals surface area contributed by atoms with Crippen LogP contribution in [0.1, 0.15) is 16.3 Å². The van der Waals surface area contributed by atoms with Gasteiger partial charge in [0.15, 0.2) is 11.7 Å². The molecule has 0 fully saturated rings. The van der Waals surface area contributed by atoms with Gasteiger partial charge in [-0.25, -0.2) is 4.99 Å². The van der Waals surface area contributed by atoms with Gasteiger partial charge in [-0.15, -0.1) is 0 Å². The maximum absolute atomic E-state index is 11.9.